The summed E-state index contributed by atoms with van der Waals surface area (Å²) in [5.41, 5.74) is 0. The van der Waals surface area contributed by atoms with E-state index in [4.69, 9.17) is 0 Å². The largest absolute Gasteiger partial charge is 0.344 e. The first kappa shape index (κ1) is 11.2. The lowest BCUT2D eigenvalue weighted by Gasteiger charge is -1.90. The van der Waals surface area contributed by atoms with Gasteiger partial charge in [0.2, 0.25) is 0 Å². The summed E-state index contributed by atoms with van der Waals surface area (Å²) in [6.07, 6.45) is 0. The van der Waals surface area contributed by atoms with E-state index in [0.717, 1.165) is 15.2 Å². The molecule has 14 heavy (non-hydrogen) atoms. The maximum atomic E-state index is 11.3. The summed E-state index contributed by atoms with van der Waals surface area (Å²) in [5, 5.41) is 2.33. The Kier molecular flexibility index (Phi) is 2.95. The average molecular weight is 228 g/mol. The molecule has 74 valence electrons. The third-order valence-electron chi connectivity index (χ3n) is 2.19. The Morgan fingerprint density at radius 1 is 1.00 bits per heavy atom. The monoisotopic (exact) mass is 227 g/mol. The van der Waals surface area contributed by atoms with Gasteiger partial charge in [0.25, 0.3) is 0 Å². The van der Waals surface area contributed by atoms with Gasteiger partial charge in [-0.05, 0) is 16.8 Å². The number of hydrogen-bond acceptors (Lipinski definition) is 2. The highest BCUT2D eigenvalue weighted by Gasteiger charge is 2.30. The van der Waals surface area contributed by atoms with E-state index in [1.807, 2.05) is 36.4 Å². The highest BCUT2D eigenvalue weighted by Crippen LogP contribution is 2.41. The molecule has 0 saturated carbocycles. The van der Waals surface area contributed by atoms with Gasteiger partial charge in [-0.1, -0.05) is 30.3 Å². The standard InChI is InChI=1S/C10H6OS.ClH.H3N/c11-12-9-6-5-7-3-1-2-4-8(7)10(9)12;;/h1-6H;1H;1H3. The molecular weight excluding hydrogens is 218 g/mol. The fraction of sp³-hybridized carbons (Fsp3) is 0. The Hall–Kier alpha value is -0.900. The van der Waals surface area contributed by atoms with Crippen LogP contribution in [0.15, 0.2) is 46.2 Å². The van der Waals surface area contributed by atoms with Crippen LogP contribution < -0.4 is 6.15 Å². The Labute approximate surface area is 90.8 Å². The number of rotatable bonds is 0. The lowest BCUT2D eigenvalue weighted by Crippen LogP contribution is -1.67. The second-order valence-corrected chi connectivity index (χ2v) is 4.27. The van der Waals surface area contributed by atoms with E-state index in [9.17, 15) is 4.21 Å². The van der Waals surface area contributed by atoms with Gasteiger partial charge >= 0.3 is 0 Å². The topological polar surface area (TPSA) is 52.1 Å². The van der Waals surface area contributed by atoms with Crippen LogP contribution in [0.3, 0.4) is 0 Å². The van der Waals surface area contributed by atoms with Gasteiger partial charge in [0, 0.05) is 0 Å². The third-order valence-corrected chi connectivity index (χ3v) is 3.53. The second kappa shape index (κ2) is 3.69. The van der Waals surface area contributed by atoms with Crippen LogP contribution in [-0.4, -0.2) is 4.21 Å². The Morgan fingerprint density at radius 3 is 2.50 bits per heavy atom. The molecule has 0 amide bonds. The highest BCUT2D eigenvalue weighted by molar-refractivity contribution is 7.91. The fourth-order valence-electron chi connectivity index (χ4n) is 1.53. The lowest BCUT2D eigenvalue weighted by atomic mass is 10.1. The van der Waals surface area contributed by atoms with E-state index in [1.165, 1.54) is 5.39 Å². The highest BCUT2D eigenvalue weighted by atomic mass is 35.5. The maximum Gasteiger partial charge on any atom is 0.0881 e. The molecule has 0 bridgehead atoms. The molecule has 4 heteroatoms. The van der Waals surface area contributed by atoms with Crippen molar-refractivity contribution in [2.75, 3.05) is 0 Å². The van der Waals surface area contributed by atoms with Crippen molar-refractivity contribution in [3.8, 4) is 0 Å². The van der Waals surface area contributed by atoms with Crippen molar-refractivity contribution in [1.29, 1.82) is 0 Å². The molecule has 0 aromatic heterocycles. The van der Waals surface area contributed by atoms with Crippen LogP contribution in [0.1, 0.15) is 0 Å². The first-order valence-corrected chi connectivity index (χ1v) is 4.96. The van der Waals surface area contributed by atoms with Gasteiger partial charge in [0.15, 0.2) is 0 Å². The molecular formula is C10H10ClNOS. The predicted molar refractivity (Wildman–Crippen MR) is 60.9 cm³/mol. The SMILES string of the molecule is Cl.N.O=S1c2ccc3ccccc3c21. The van der Waals surface area contributed by atoms with E-state index in [2.05, 4.69) is 0 Å². The summed E-state index contributed by atoms with van der Waals surface area (Å²) in [6.45, 7) is 0. The first-order valence-electron chi connectivity index (χ1n) is 3.81. The van der Waals surface area contributed by atoms with Crippen LogP contribution in [0, 0.1) is 0 Å². The number of halogens is 1. The molecule has 0 radical (unpaired) electrons. The van der Waals surface area contributed by atoms with Crippen molar-refractivity contribution >= 4 is 34.0 Å². The van der Waals surface area contributed by atoms with Gasteiger partial charge in [-0.2, -0.15) is 0 Å². The Bertz CT molecular complexity index is 512. The minimum Gasteiger partial charge on any atom is -0.344 e. The lowest BCUT2D eigenvalue weighted by molar-refractivity contribution is 0.693. The molecule has 1 atom stereocenters. The normalized spacial score (nSPS) is 16.4. The van der Waals surface area contributed by atoms with Crippen molar-refractivity contribution < 1.29 is 4.21 Å². The van der Waals surface area contributed by atoms with Crippen LogP contribution in [-0.2, 0) is 10.8 Å². The maximum absolute atomic E-state index is 11.3. The van der Waals surface area contributed by atoms with Gasteiger partial charge < -0.3 is 6.15 Å². The molecule has 2 nitrogen and oxygen atoms in total. The van der Waals surface area contributed by atoms with Crippen LogP contribution in [0.5, 0.6) is 0 Å². The van der Waals surface area contributed by atoms with Gasteiger partial charge in [-0.3, -0.25) is 0 Å². The minimum absolute atomic E-state index is 0. The molecule has 3 rings (SSSR count). The predicted octanol–water partition coefficient (Wildman–Crippen LogP) is 2.90. The molecule has 1 aliphatic heterocycles. The van der Waals surface area contributed by atoms with E-state index >= 15 is 0 Å². The smallest absolute Gasteiger partial charge is 0.0881 e. The molecule has 0 spiro atoms. The van der Waals surface area contributed by atoms with Crippen LogP contribution in [0.4, 0.5) is 0 Å². The van der Waals surface area contributed by atoms with Gasteiger partial charge in [0.05, 0.1) is 20.6 Å². The molecule has 0 saturated heterocycles. The van der Waals surface area contributed by atoms with Gasteiger partial charge in [0.1, 0.15) is 0 Å². The van der Waals surface area contributed by atoms with Gasteiger partial charge in [-0.25, -0.2) is 4.21 Å². The molecule has 3 N–H and O–H groups in total. The van der Waals surface area contributed by atoms with Gasteiger partial charge in [-0.15, -0.1) is 12.4 Å². The van der Waals surface area contributed by atoms with Crippen molar-refractivity contribution in [3.63, 3.8) is 0 Å². The molecule has 1 heterocycles. The van der Waals surface area contributed by atoms with Crippen LogP contribution in [0.2, 0.25) is 0 Å². The summed E-state index contributed by atoms with van der Waals surface area (Å²) in [5.74, 6) is 0. The second-order valence-electron chi connectivity index (χ2n) is 2.88. The molecule has 0 aliphatic carbocycles. The van der Waals surface area contributed by atoms with Crippen molar-refractivity contribution in [2.24, 2.45) is 0 Å². The summed E-state index contributed by atoms with van der Waals surface area (Å²) in [7, 11) is -0.789. The Balaban J connectivity index is 0.000000490. The number of benzene rings is 2. The summed E-state index contributed by atoms with van der Waals surface area (Å²) in [6, 6.07) is 12.0. The number of fused-ring (bicyclic) bond motifs is 3. The Morgan fingerprint density at radius 2 is 1.71 bits per heavy atom. The zero-order chi connectivity index (χ0) is 8.13. The summed E-state index contributed by atoms with van der Waals surface area (Å²) >= 11 is 0. The van der Waals surface area contributed by atoms with E-state index in [-0.39, 0.29) is 18.6 Å². The zero-order valence-corrected chi connectivity index (χ0v) is 9.03. The fourth-order valence-corrected chi connectivity index (χ4v) is 2.68. The third kappa shape index (κ3) is 1.34. The minimum atomic E-state index is -0.789. The van der Waals surface area contributed by atoms with E-state index in [0.29, 0.717) is 0 Å². The molecule has 1 unspecified atom stereocenters. The summed E-state index contributed by atoms with van der Waals surface area (Å²) < 4.78 is 11.3. The van der Waals surface area contributed by atoms with Crippen molar-refractivity contribution in [2.45, 2.75) is 9.79 Å². The molecule has 0 fully saturated rings. The van der Waals surface area contributed by atoms with E-state index in [1.54, 1.807) is 0 Å². The number of hydrogen-bond donors (Lipinski definition) is 1. The van der Waals surface area contributed by atoms with E-state index < -0.39 is 10.8 Å². The molecule has 2 aromatic rings. The van der Waals surface area contributed by atoms with Crippen LogP contribution in [0.25, 0.3) is 10.8 Å². The van der Waals surface area contributed by atoms with Crippen molar-refractivity contribution in [1.82, 2.24) is 6.15 Å². The quantitative estimate of drug-likeness (QED) is 0.601. The summed E-state index contributed by atoms with van der Waals surface area (Å²) in [4.78, 5) is 2.04. The molecule has 2 aromatic carbocycles. The first-order chi connectivity index (χ1) is 5.88. The molecule has 1 aliphatic rings. The average Bonchev–Trinajstić information content (AvgIpc) is 2.78. The zero-order valence-electron chi connectivity index (χ0n) is 7.40. The van der Waals surface area contributed by atoms with Crippen LogP contribution >= 0.6 is 12.4 Å². The van der Waals surface area contributed by atoms with Crippen molar-refractivity contribution in [3.05, 3.63) is 36.4 Å².